The molecule has 0 saturated carbocycles. The topological polar surface area (TPSA) is 76.0 Å². The van der Waals surface area contributed by atoms with E-state index >= 15 is 0 Å². The highest BCUT2D eigenvalue weighted by Gasteiger charge is 2.14. The highest BCUT2D eigenvalue weighted by Crippen LogP contribution is 2.27. The molecule has 6 nitrogen and oxygen atoms in total. The monoisotopic (exact) mass is 402 g/mol. The fourth-order valence-electron chi connectivity index (χ4n) is 2.88. The molecule has 4 aromatic rings. The van der Waals surface area contributed by atoms with Gasteiger partial charge in [-0.15, -0.1) is 0 Å². The number of fused-ring (bicyclic) bond motifs is 1. The molecule has 4 rings (SSSR count). The summed E-state index contributed by atoms with van der Waals surface area (Å²) < 4.78 is 2.02. The number of imidazole rings is 1. The standard InChI is InChI=1S/C22H18N4O2S/c27-20(24-25-21(28)16-9-3-1-4-10-16)15-29-22-23-18-13-7-8-14-19(18)26(22)17-11-5-2-6-12-17/h1-14H,15H2,(H,24,27)(H,25,28). The number of carbonyl (C=O) groups excluding carboxylic acids is 2. The van der Waals surface area contributed by atoms with Crippen molar-refractivity contribution in [2.45, 2.75) is 5.16 Å². The van der Waals surface area contributed by atoms with Gasteiger partial charge in [-0.25, -0.2) is 4.98 Å². The SMILES string of the molecule is O=C(CSc1nc2ccccc2n1-c1ccccc1)NNC(=O)c1ccccc1. The number of rotatable bonds is 5. The average Bonchev–Trinajstić information content (AvgIpc) is 3.15. The molecular formula is C22H18N4O2S. The second-order valence-electron chi connectivity index (χ2n) is 6.21. The van der Waals surface area contributed by atoms with E-state index in [1.807, 2.05) is 65.2 Å². The van der Waals surface area contributed by atoms with Crippen molar-refractivity contribution >= 4 is 34.6 Å². The number of amides is 2. The van der Waals surface area contributed by atoms with Crippen molar-refractivity contribution in [3.63, 3.8) is 0 Å². The Morgan fingerprint density at radius 3 is 2.24 bits per heavy atom. The Bertz CT molecular complexity index is 1140. The first-order valence-electron chi connectivity index (χ1n) is 9.02. The number of nitrogens with zero attached hydrogens (tertiary/aromatic N) is 2. The summed E-state index contributed by atoms with van der Waals surface area (Å²) in [6.07, 6.45) is 0. The minimum absolute atomic E-state index is 0.116. The van der Waals surface area contributed by atoms with Crippen molar-refractivity contribution in [2.24, 2.45) is 0 Å². The molecular weight excluding hydrogens is 384 g/mol. The Morgan fingerprint density at radius 2 is 1.48 bits per heavy atom. The molecule has 2 N–H and O–H groups in total. The van der Waals surface area contributed by atoms with Gasteiger partial charge in [0.25, 0.3) is 5.91 Å². The van der Waals surface area contributed by atoms with Crippen LogP contribution in [0.25, 0.3) is 16.7 Å². The highest BCUT2D eigenvalue weighted by molar-refractivity contribution is 7.99. The quantitative estimate of drug-likeness (QED) is 0.395. The zero-order valence-corrected chi connectivity index (χ0v) is 16.2. The van der Waals surface area contributed by atoms with Crippen LogP contribution in [0.5, 0.6) is 0 Å². The predicted molar refractivity (Wildman–Crippen MR) is 114 cm³/mol. The summed E-state index contributed by atoms with van der Waals surface area (Å²) in [5, 5.41) is 0.710. The van der Waals surface area contributed by atoms with Gasteiger partial charge >= 0.3 is 0 Å². The zero-order valence-electron chi connectivity index (χ0n) is 15.4. The van der Waals surface area contributed by atoms with E-state index in [0.717, 1.165) is 16.7 Å². The minimum Gasteiger partial charge on any atom is -0.287 e. The van der Waals surface area contributed by atoms with Crippen molar-refractivity contribution in [1.29, 1.82) is 0 Å². The molecule has 1 heterocycles. The highest BCUT2D eigenvalue weighted by atomic mass is 32.2. The second kappa shape index (κ2) is 8.62. The van der Waals surface area contributed by atoms with E-state index in [9.17, 15) is 9.59 Å². The summed E-state index contributed by atoms with van der Waals surface area (Å²) in [6, 6.07) is 26.4. The third-order valence-electron chi connectivity index (χ3n) is 4.23. The average molecular weight is 402 g/mol. The molecule has 144 valence electrons. The van der Waals surface area contributed by atoms with Crippen molar-refractivity contribution in [2.75, 3.05) is 5.75 Å². The summed E-state index contributed by atoms with van der Waals surface area (Å²) in [4.78, 5) is 28.9. The van der Waals surface area contributed by atoms with Gasteiger partial charge in [0.15, 0.2) is 5.16 Å². The lowest BCUT2D eigenvalue weighted by molar-refractivity contribution is -0.119. The van der Waals surface area contributed by atoms with Crippen LogP contribution in [0.4, 0.5) is 0 Å². The number of benzene rings is 3. The molecule has 0 aliphatic heterocycles. The molecule has 0 aliphatic rings. The number of hydrogen-bond donors (Lipinski definition) is 2. The van der Waals surface area contributed by atoms with Crippen LogP contribution in [0, 0.1) is 0 Å². The largest absolute Gasteiger partial charge is 0.287 e. The lowest BCUT2D eigenvalue weighted by atomic mass is 10.2. The van der Waals surface area contributed by atoms with Crippen LogP contribution in [-0.4, -0.2) is 27.1 Å². The minimum atomic E-state index is -0.361. The van der Waals surface area contributed by atoms with Gasteiger partial charge in [-0.2, -0.15) is 0 Å². The van der Waals surface area contributed by atoms with Crippen molar-refractivity contribution < 1.29 is 9.59 Å². The smallest absolute Gasteiger partial charge is 0.269 e. The van der Waals surface area contributed by atoms with E-state index in [-0.39, 0.29) is 17.6 Å². The van der Waals surface area contributed by atoms with Crippen LogP contribution < -0.4 is 10.9 Å². The number of hydrogen-bond acceptors (Lipinski definition) is 4. The molecule has 0 bridgehead atoms. The fraction of sp³-hybridized carbons (Fsp3) is 0.0455. The molecule has 0 fully saturated rings. The van der Waals surface area contributed by atoms with E-state index in [2.05, 4.69) is 15.8 Å². The number of para-hydroxylation sites is 3. The van der Waals surface area contributed by atoms with Crippen LogP contribution in [0.2, 0.25) is 0 Å². The van der Waals surface area contributed by atoms with Crippen molar-refractivity contribution in [3.05, 3.63) is 90.5 Å². The third-order valence-corrected chi connectivity index (χ3v) is 5.17. The summed E-state index contributed by atoms with van der Waals surface area (Å²) in [5.74, 6) is -0.558. The maximum absolute atomic E-state index is 12.2. The summed E-state index contributed by atoms with van der Waals surface area (Å²) in [6.45, 7) is 0. The van der Waals surface area contributed by atoms with Gasteiger partial charge in [-0.05, 0) is 36.4 Å². The Kier molecular flexibility index (Phi) is 5.58. The molecule has 0 atom stereocenters. The van der Waals surface area contributed by atoms with Crippen molar-refractivity contribution in [1.82, 2.24) is 20.4 Å². The molecule has 0 radical (unpaired) electrons. The molecule has 2 amide bonds. The summed E-state index contributed by atoms with van der Waals surface area (Å²) >= 11 is 1.31. The molecule has 1 aromatic heterocycles. The van der Waals surface area contributed by atoms with E-state index in [1.54, 1.807) is 24.3 Å². The predicted octanol–water partition coefficient (Wildman–Crippen LogP) is 3.58. The van der Waals surface area contributed by atoms with E-state index < -0.39 is 0 Å². The summed E-state index contributed by atoms with van der Waals surface area (Å²) in [5.41, 5.74) is 8.16. The molecule has 0 spiro atoms. The van der Waals surface area contributed by atoms with Crippen LogP contribution in [0.3, 0.4) is 0 Å². The molecule has 7 heteroatoms. The number of nitrogens with one attached hydrogen (secondary N) is 2. The Balaban J connectivity index is 1.46. The second-order valence-corrected chi connectivity index (χ2v) is 7.15. The van der Waals surface area contributed by atoms with Gasteiger partial charge in [0.1, 0.15) is 0 Å². The maximum Gasteiger partial charge on any atom is 0.269 e. The third kappa shape index (κ3) is 4.30. The molecule has 0 aliphatic carbocycles. The lowest BCUT2D eigenvalue weighted by Gasteiger charge is -2.09. The van der Waals surface area contributed by atoms with Gasteiger partial charge in [0.2, 0.25) is 5.91 Å². The normalized spacial score (nSPS) is 10.6. The Hall–Kier alpha value is -3.58. The van der Waals surface area contributed by atoms with Crippen LogP contribution in [-0.2, 0) is 4.79 Å². The first kappa shape index (κ1) is 18.8. The van der Waals surface area contributed by atoms with Crippen LogP contribution >= 0.6 is 11.8 Å². The Labute approximate surface area is 171 Å². The fourth-order valence-corrected chi connectivity index (χ4v) is 3.71. The van der Waals surface area contributed by atoms with Gasteiger partial charge in [-0.1, -0.05) is 60.3 Å². The number of hydrazine groups is 1. The van der Waals surface area contributed by atoms with E-state index in [0.29, 0.717) is 10.7 Å². The molecule has 0 unspecified atom stereocenters. The number of thioether (sulfide) groups is 1. The molecule has 0 saturated heterocycles. The van der Waals surface area contributed by atoms with E-state index in [1.165, 1.54) is 11.8 Å². The molecule has 29 heavy (non-hydrogen) atoms. The molecule has 3 aromatic carbocycles. The number of aromatic nitrogens is 2. The first-order valence-corrected chi connectivity index (χ1v) is 10.0. The zero-order chi connectivity index (χ0) is 20.1. The van der Waals surface area contributed by atoms with Crippen LogP contribution in [0.15, 0.2) is 90.1 Å². The van der Waals surface area contributed by atoms with Crippen LogP contribution in [0.1, 0.15) is 10.4 Å². The van der Waals surface area contributed by atoms with E-state index in [4.69, 9.17) is 0 Å². The van der Waals surface area contributed by atoms with Gasteiger partial charge in [-0.3, -0.25) is 25.0 Å². The number of carbonyl (C=O) groups is 2. The van der Waals surface area contributed by atoms with Gasteiger partial charge in [0, 0.05) is 11.3 Å². The van der Waals surface area contributed by atoms with Crippen molar-refractivity contribution in [3.8, 4) is 5.69 Å². The first-order chi connectivity index (χ1) is 14.2. The van der Waals surface area contributed by atoms with Gasteiger partial charge in [0.05, 0.1) is 16.8 Å². The van der Waals surface area contributed by atoms with Gasteiger partial charge < -0.3 is 0 Å². The maximum atomic E-state index is 12.2. The Morgan fingerprint density at radius 1 is 0.828 bits per heavy atom. The lowest BCUT2D eigenvalue weighted by Crippen LogP contribution is -2.42. The summed E-state index contributed by atoms with van der Waals surface area (Å²) in [7, 11) is 0.